The van der Waals surface area contributed by atoms with Gasteiger partial charge in [0.1, 0.15) is 5.75 Å². The van der Waals surface area contributed by atoms with Gasteiger partial charge in [-0.25, -0.2) is 0 Å². The second kappa shape index (κ2) is 6.21. The van der Waals surface area contributed by atoms with E-state index >= 15 is 0 Å². The van der Waals surface area contributed by atoms with E-state index in [2.05, 4.69) is 19.1 Å². The highest BCUT2D eigenvalue weighted by atomic mass is 16.5. The molecule has 2 unspecified atom stereocenters. The number of aryl methyl sites for hydroxylation is 1. The summed E-state index contributed by atoms with van der Waals surface area (Å²) in [5.74, 6) is 1.32. The minimum absolute atomic E-state index is 0.00625. The Bertz CT molecular complexity index is 386. The van der Waals surface area contributed by atoms with Crippen molar-refractivity contribution in [2.75, 3.05) is 19.8 Å². The molecule has 0 spiro atoms. The van der Waals surface area contributed by atoms with E-state index in [4.69, 9.17) is 15.2 Å². The molecule has 100 valence electrons. The van der Waals surface area contributed by atoms with Gasteiger partial charge in [0.15, 0.2) is 0 Å². The van der Waals surface area contributed by atoms with Crippen LogP contribution in [0.5, 0.6) is 5.75 Å². The Balaban J connectivity index is 2.21. The second-order valence-electron chi connectivity index (χ2n) is 4.98. The second-order valence-corrected chi connectivity index (χ2v) is 4.98. The summed E-state index contributed by atoms with van der Waals surface area (Å²) in [6.45, 7) is 6.39. The topological polar surface area (TPSA) is 44.5 Å². The molecular formula is C15H23NO2. The predicted molar refractivity (Wildman–Crippen MR) is 72.8 cm³/mol. The first kappa shape index (κ1) is 13.4. The van der Waals surface area contributed by atoms with Gasteiger partial charge in [0.05, 0.1) is 13.2 Å². The van der Waals surface area contributed by atoms with E-state index in [0.29, 0.717) is 12.5 Å². The highest BCUT2D eigenvalue weighted by Gasteiger charge is 2.24. The number of benzene rings is 1. The molecule has 3 heteroatoms. The van der Waals surface area contributed by atoms with Gasteiger partial charge in [-0.2, -0.15) is 0 Å². The normalized spacial score (nSPS) is 21.6. The highest BCUT2D eigenvalue weighted by Crippen LogP contribution is 2.33. The van der Waals surface area contributed by atoms with Crippen molar-refractivity contribution in [2.24, 2.45) is 11.7 Å². The lowest BCUT2D eigenvalue weighted by Gasteiger charge is -2.29. The van der Waals surface area contributed by atoms with Gasteiger partial charge in [-0.15, -0.1) is 0 Å². The van der Waals surface area contributed by atoms with Gasteiger partial charge >= 0.3 is 0 Å². The summed E-state index contributed by atoms with van der Waals surface area (Å²) in [6, 6.07) is 6.24. The van der Waals surface area contributed by atoms with Crippen LogP contribution in [0, 0.1) is 12.8 Å². The zero-order valence-electron chi connectivity index (χ0n) is 11.3. The number of nitrogens with two attached hydrogens (primary N) is 1. The fourth-order valence-electron chi connectivity index (χ4n) is 2.52. The lowest BCUT2D eigenvalue weighted by Crippen LogP contribution is -2.29. The average Bonchev–Trinajstić information content (AvgIpc) is 2.41. The van der Waals surface area contributed by atoms with E-state index < -0.39 is 0 Å². The fraction of sp³-hybridized carbons (Fsp3) is 0.600. The smallest absolute Gasteiger partial charge is 0.124 e. The lowest BCUT2D eigenvalue weighted by atomic mass is 9.88. The molecule has 1 saturated heterocycles. The zero-order chi connectivity index (χ0) is 13.0. The summed E-state index contributed by atoms with van der Waals surface area (Å²) in [5.41, 5.74) is 8.75. The van der Waals surface area contributed by atoms with Crippen LogP contribution in [0.1, 0.15) is 36.9 Å². The molecule has 0 amide bonds. The Labute approximate surface area is 109 Å². The van der Waals surface area contributed by atoms with E-state index in [1.54, 1.807) is 0 Å². The molecule has 0 aliphatic carbocycles. The van der Waals surface area contributed by atoms with Crippen LogP contribution in [0.2, 0.25) is 0 Å². The van der Waals surface area contributed by atoms with Crippen molar-refractivity contribution in [2.45, 2.75) is 32.7 Å². The Morgan fingerprint density at radius 3 is 3.00 bits per heavy atom. The third kappa shape index (κ3) is 3.03. The monoisotopic (exact) mass is 249 g/mol. The van der Waals surface area contributed by atoms with Crippen LogP contribution in [-0.2, 0) is 4.74 Å². The molecule has 0 aromatic heterocycles. The van der Waals surface area contributed by atoms with Crippen molar-refractivity contribution in [1.29, 1.82) is 0 Å². The van der Waals surface area contributed by atoms with Crippen LogP contribution < -0.4 is 10.5 Å². The molecule has 3 nitrogen and oxygen atoms in total. The van der Waals surface area contributed by atoms with Crippen molar-refractivity contribution in [3.05, 3.63) is 29.3 Å². The first-order valence-electron chi connectivity index (χ1n) is 6.79. The highest BCUT2D eigenvalue weighted by molar-refractivity contribution is 5.39. The summed E-state index contributed by atoms with van der Waals surface area (Å²) < 4.78 is 11.2. The fourth-order valence-corrected chi connectivity index (χ4v) is 2.52. The van der Waals surface area contributed by atoms with Gasteiger partial charge in [0.2, 0.25) is 0 Å². The number of rotatable bonds is 4. The summed E-state index contributed by atoms with van der Waals surface area (Å²) in [7, 11) is 0. The summed E-state index contributed by atoms with van der Waals surface area (Å²) in [4.78, 5) is 0. The summed E-state index contributed by atoms with van der Waals surface area (Å²) in [5, 5.41) is 0. The lowest BCUT2D eigenvalue weighted by molar-refractivity contribution is 0.0444. The van der Waals surface area contributed by atoms with Crippen LogP contribution in [0.3, 0.4) is 0 Å². The molecule has 0 radical (unpaired) electrons. The summed E-state index contributed by atoms with van der Waals surface area (Å²) in [6.07, 6.45) is 2.24. The van der Waals surface area contributed by atoms with Crippen LogP contribution in [0.15, 0.2) is 18.2 Å². The molecule has 0 saturated carbocycles. The van der Waals surface area contributed by atoms with Crippen molar-refractivity contribution >= 4 is 0 Å². The maximum Gasteiger partial charge on any atom is 0.124 e. The molecule has 2 atom stereocenters. The Hall–Kier alpha value is -1.06. The summed E-state index contributed by atoms with van der Waals surface area (Å²) >= 11 is 0. The first-order chi connectivity index (χ1) is 8.72. The SMILES string of the molecule is CCOc1ccc(C)cc1C(N)C1CCCOC1. The molecule has 1 fully saturated rings. The standard InChI is InChI=1S/C15H23NO2/c1-3-18-14-7-6-11(2)9-13(14)15(16)12-5-4-8-17-10-12/h6-7,9,12,15H,3-5,8,10,16H2,1-2H3. The third-order valence-corrected chi connectivity index (χ3v) is 3.53. The van der Waals surface area contributed by atoms with Crippen molar-refractivity contribution in [3.63, 3.8) is 0 Å². The van der Waals surface area contributed by atoms with E-state index in [0.717, 1.165) is 37.4 Å². The zero-order valence-corrected chi connectivity index (χ0v) is 11.3. The maximum atomic E-state index is 6.41. The Kier molecular flexibility index (Phi) is 4.61. The molecule has 2 rings (SSSR count). The molecule has 2 N–H and O–H groups in total. The Morgan fingerprint density at radius 2 is 2.33 bits per heavy atom. The number of hydrogen-bond donors (Lipinski definition) is 1. The molecular weight excluding hydrogens is 226 g/mol. The maximum absolute atomic E-state index is 6.41. The van der Waals surface area contributed by atoms with E-state index in [1.165, 1.54) is 5.56 Å². The molecule has 1 aromatic rings. The minimum atomic E-state index is 0.00625. The number of hydrogen-bond acceptors (Lipinski definition) is 3. The van der Waals surface area contributed by atoms with Crippen LogP contribution in [-0.4, -0.2) is 19.8 Å². The average molecular weight is 249 g/mol. The van der Waals surface area contributed by atoms with Crippen LogP contribution in [0.25, 0.3) is 0 Å². The van der Waals surface area contributed by atoms with Crippen LogP contribution in [0.4, 0.5) is 0 Å². The molecule has 1 aliphatic heterocycles. The number of ether oxygens (including phenoxy) is 2. The molecule has 1 heterocycles. The van der Waals surface area contributed by atoms with Gasteiger partial charge in [-0.05, 0) is 32.8 Å². The van der Waals surface area contributed by atoms with Gasteiger partial charge in [-0.3, -0.25) is 0 Å². The van der Waals surface area contributed by atoms with Crippen molar-refractivity contribution < 1.29 is 9.47 Å². The quantitative estimate of drug-likeness (QED) is 0.892. The molecule has 0 bridgehead atoms. The van der Waals surface area contributed by atoms with E-state index in [9.17, 15) is 0 Å². The van der Waals surface area contributed by atoms with Crippen molar-refractivity contribution in [1.82, 2.24) is 0 Å². The molecule has 1 aliphatic rings. The van der Waals surface area contributed by atoms with Gasteiger partial charge < -0.3 is 15.2 Å². The third-order valence-electron chi connectivity index (χ3n) is 3.53. The van der Waals surface area contributed by atoms with Gasteiger partial charge in [-0.1, -0.05) is 17.7 Å². The predicted octanol–water partition coefficient (Wildman–Crippen LogP) is 2.82. The van der Waals surface area contributed by atoms with E-state index in [-0.39, 0.29) is 6.04 Å². The molecule has 18 heavy (non-hydrogen) atoms. The largest absolute Gasteiger partial charge is 0.494 e. The van der Waals surface area contributed by atoms with Gasteiger partial charge in [0.25, 0.3) is 0 Å². The molecule has 1 aromatic carbocycles. The van der Waals surface area contributed by atoms with E-state index in [1.807, 2.05) is 13.0 Å². The van der Waals surface area contributed by atoms with Crippen molar-refractivity contribution in [3.8, 4) is 5.75 Å². The van der Waals surface area contributed by atoms with Gasteiger partial charge in [0, 0.05) is 24.1 Å². The first-order valence-corrected chi connectivity index (χ1v) is 6.79. The minimum Gasteiger partial charge on any atom is -0.494 e. The Morgan fingerprint density at radius 1 is 1.50 bits per heavy atom. The van der Waals surface area contributed by atoms with Crippen LogP contribution >= 0.6 is 0 Å².